The third-order valence-electron chi connectivity index (χ3n) is 9.08. The Hall–Kier alpha value is -4.90. The number of hydrogen-bond donors (Lipinski definition) is 0. The molecule has 1 aliphatic heterocycles. The molecule has 7 aromatic rings. The standard InChI is InChI=1S/C42H36N4O2.Pt/c1-27(2)33-15-11-16-34(28(3)4)42(33)29-22-23-43-41(24-29)45-37-17-7-6-14-35(37)36-21-20-32(26-40(36)45)47-31-13-10-12-30(25-31)46-39-19-9-8-18-38(39)44(5)48-46;/h6-24,27-28H,1-5H3;/q-2;/p+1. The van der Waals surface area contributed by atoms with Crippen LogP contribution in [0.1, 0.15) is 50.7 Å². The van der Waals surface area contributed by atoms with E-state index in [2.05, 4.69) is 117 Å². The van der Waals surface area contributed by atoms with Crippen LogP contribution in [0.25, 0.3) is 38.8 Å². The van der Waals surface area contributed by atoms with E-state index in [1.807, 2.05) is 59.8 Å². The minimum Gasteiger partial charge on any atom is -0.509 e. The summed E-state index contributed by atoms with van der Waals surface area (Å²) >= 11 is 0. The SMILES string of the molecule is CC(C)c1cccc(C(C)C)c1-c1ccnc(-n2c3[c-]c(Oc4[c-]c(N5[OH+]N(C)c6ccccc65)ccc4)ccc3c3ccccc32)c1.[Pt]. The first-order valence-corrected chi connectivity index (χ1v) is 16.5. The predicted octanol–water partition coefficient (Wildman–Crippen LogP) is 10.9. The summed E-state index contributed by atoms with van der Waals surface area (Å²) in [6.45, 7) is 9.05. The molecule has 2 aromatic heterocycles. The van der Waals surface area contributed by atoms with Crippen molar-refractivity contribution >= 4 is 38.9 Å². The zero-order valence-corrected chi connectivity index (χ0v) is 30.4. The molecule has 1 aliphatic rings. The molecule has 0 amide bonds. The maximum Gasteiger partial charge on any atom is 0.145 e. The number of hydroxylamine groups is 1. The van der Waals surface area contributed by atoms with Crippen LogP contribution in [-0.4, -0.2) is 21.5 Å². The van der Waals surface area contributed by atoms with E-state index >= 15 is 0 Å². The molecule has 0 bridgehead atoms. The van der Waals surface area contributed by atoms with E-state index in [1.165, 1.54) is 16.7 Å². The Morgan fingerprint density at radius 3 is 2.16 bits per heavy atom. The minimum absolute atomic E-state index is 0. The Morgan fingerprint density at radius 1 is 0.694 bits per heavy atom. The molecule has 0 saturated heterocycles. The third kappa shape index (κ3) is 5.79. The average molecular weight is 825 g/mol. The maximum atomic E-state index is 6.44. The zero-order chi connectivity index (χ0) is 32.9. The van der Waals surface area contributed by atoms with E-state index in [9.17, 15) is 0 Å². The van der Waals surface area contributed by atoms with Gasteiger partial charge in [-0.15, -0.1) is 45.8 Å². The number of fused-ring (bicyclic) bond motifs is 4. The van der Waals surface area contributed by atoms with Crippen LogP contribution in [0.3, 0.4) is 0 Å². The zero-order valence-electron chi connectivity index (χ0n) is 28.1. The smallest absolute Gasteiger partial charge is 0.145 e. The third-order valence-corrected chi connectivity index (χ3v) is 9.08. The Balaban J connectivity index is 0.00000378. The average Bonchev–Trinajstić information content (AvgIpc) is 3.62. The molecular formula is C42H37N4O2Pt-. The first-order valence-electron chi connectivity index (χ1n) is 16.5. The molecule has 3 heterocycles. The molecular weight excluding hydrogens is 788 g/mol. The Labute approximate surface area is 301 Å². The molecule has 7 heteroatoms. The number of hydrogen-bond acceptors (Lipinski definition) is 4. The molecule has 0 unspecified atom stereocenters. The number of pyridine rings is 1. The second kappa shape index (κ2) is 13.2. The molecule has 0 atom stereocenters. The molecule has 0 saturated carbocycles. The van der Waals surface area contributed by atoms with E-state index in [0.29, 0.717) is 23.3 Å². The summed E-state index contributed by atoms with van der Waals surface area (Å²) < 4.78 is 8.64. The molecule has 1 N–H and O–H groups in total. The molecule has 0 spiro atoms. The molecule has 49 heavy (non-hydrogen) atoms. The summed E-state index contributed by atoms with van der Waals surface area (Å²) in [6.07, 6.45) is 1.92. The van der Waals surface area contributed by atoms with Crippen LogP contribution in [-0.2, 0) is 21.1 Å². The fourth-order valence-electron chi connectivity index (χ4n) is 6.82. The van der Waals surface area contributed by atoms with Gasteiger partial charge in [-0.05, 0) is 69.8 Å². The van der Waals surface area contributed by atoms with Crippen LogP contribution in [0, 0.1) is 12.1 Å². The largest absolute Gasteiger partial charge is 0.509 e. The van der Waals surface area contributed by atoms with Gasteiger partial charge in [-0.1, -0.05) is 81.7 Å². The van der Waals surface area contributed by atoms with Gasteiger partial charge in [-0.3, -0.25) is 0 Å². The molecule has 248 valence electrons. The number of anilines is 3. The van der Waals surface area contributed by atoms with Gasteiger partial charge in [0, 0.05) is 50.0 Å². The fourth-order valence-corrected chi connectivity index (χ4v) is 6.82. The topological polar surface area (TPSA) is 46.3 Å². The molecule has 8 rings (SSSR count). The number of nitrogens with zero attached hydrogens (tertiary/aromatic N) is 4. The first kappa shape index (κ1) is 32.6. The van der Waals surface area contributed by atoms with Gasteiger partial charge >= 0.3 is 0 Å². The van der Waals surface area contributed by atoms with E-state index in [4.69, 9.17) is 14.7 Å². The summed E-state index contributed by atoms with van der Waals surface area (Å²) in [5, 5.41) is 5.97. The fraction of sp³-hybridized carbons (Fsp3) is 0.167. The van der Waals surface area contributed by atoms with Gasteiger partial charge in [0.15, 0.2) is 0 Å². The van der Waals surface area contributed by atoms with Crippen molar-refractivity contribution in [3.63, 3.8) is 0 Å². The van der Waals surface area contributed by atoms with Crippen molar-refractivity contribution in [3.8, 4) is 28.4 Å². The second-order valence-corrected chi connectivity index (χ2v) is 12.9. The summed E-state index contributed by atoms with van der Waals surface area (Å²) in [5.41, 5.74) is 9.96. The number of rotatable bonds is 7. The number of ether oxygens (including phenoxy) is 1. The van der Waals surface area contributed by atoms with Gasteiger partial charge in [-0.25, -0.2) is 4.98 Å². The van der Waals surface area contributed by atoms with Gasteiger partial charge in [0.2, 0.25) is 0 Å². The monoisotopic (exact) mass is 824 g/mol. The van der Waals surface area contributed by atoms with Gasteiger partial charge < -0.3 is 9.30 Å². The van der Waals surface area contributed by atoms with Crippen LogP contribution in [0.15, 0.2) is 115 Å². The van der Waals surface area contributed by atoms with Crippen molar-refractivity contribution in [3.05, 3.63) is 139 Å². The van der Waals surface area contributed by atoms with Crippen LogP contribution in [0.2, 0.25) is 0 Å². The van der Waals surface area contributed by atoms with E-state index in [0.717, 1.165) is 50.2 Å². The van der Waals surface area contributed by atoms with Crippen molar-refractivity contribution in [2.75, 3.05) is 17.2 Å². The van der Waals surface area contributed by atoms with Crippen LogP contribution < -0.4 is 14.9 Å². The Kier molecular flexibility index (Phi) is 8.78. The van der Waals surface area contributed by atoms with Gasteiger partial charge in [0.25, 0.3) is 0 Å². The summed E-state index contributed by atoms with van der Waals surface area (Å²) in [4.78, 5) is 9.63. The molecule has 0 aliphatic carbocycles. The Morgan fingerprint density at radius 2 is 1.39 bits per heavy atom. The normalized spacial score (nSPS) is 12.6. The van der Waals surface area contributed by atoms with Gasteiger partial charge in [-0.2, -0.15) is 17.1 Å². The molecule has 5 aromatic carbocycles. The summed E-state index contributed by atoms with van der Waals surface area (Å²) in [5.74, 6) is 2.80. The van der Waals surface area contributed by atoms with E-state index < -0.39 is 0 Å². The number of para-hydroxylation sites is 3. The van der Waals surface area contributed by atoms with Crippen molar-refractivity contribution in [1.29, 1.82) is 0 Å². The second-order valence-electron chi connectivity index (χ2n) is 12.9. The minimum atomic E-state index is 0. The number of aromatic nitrogens is 2. The molecule has 0 radical (unpaired) electrons. The van der Waals surface area contributed by atoms with Crippen LogP contribution in [0.4, 0.5) is 17.1 Å². The van der Waals surface area contributed by atoms with Gasteiger partial charge in [0.05, 0.1) is 7.05 Å². The van der Waals surface area contributed by atoms with Crippen molar-refractivity contribution < 1.29 is 30.7 Å². The predicted molar refractivity (Wildman–Crippen MR) is 195 cm³/mol. The van der Waals surface area contributed by atoms with Crippen LogP contribution in [0.5, 0.6) is 11.5 Å². The van der Waals surface area contributed by atoms with E-state index in [1.54, 1.807) is 0 Å². The van der Waals surface area contributed by atoms with Crippen molar-refractivity contribution in [1.82, 2.24) is 9.55 Å². The summed E-state index contributed by atoms with van der Waals surface area (Å²) in [7, 11) is 1.94. The van der Waals surface area contributed by atoms with E-state index in [-0.39, 0.29) is 21.1 Å². The van der Waals surface area contributed by atoms with Gasteiger partial charge in [0.1, 0.15) is 17.2 Å². The molecule has 0 fully saturated rings. The Bertz CT molecular complexity index is 2280. The summed E-state index contributed by atoms with van der Waals surface area (Å²) in [6, 6.07) is 44.6. The maximum absolute atomic E-state index is 6.44. The molecule has 6 nitrogen and oxygen atoms in total. The van der Waals surface area contributed by atoms with Crippen LogP contribution >= 0.6 is 0 Å². The van der Waals surface area contributed by atoms with Crippen molar-refractivity contribution in [2.24, 2.45) is 0 Å². The number of benzene rings is 5. The van der Waals surface area contributed by atoms with Crippen molar-refractivity contribution in [2.45, 2.75) is 39.5 Å². The first-order chi connectivity index (χ1) is 23.4. The quantitative estimate of drug-likeness (QED) is 0.119.